The second-order valence-electron chi connectivity index (χ2n) is 9.28. The summed E-state index contributed by atoms with van der Waals surface area (Å²) >= 11 is 1.20. The third-order valence-corrected chi connectivity index (χ3v) is 6.48. The van der Waals surface area contributed by atoms with Gasteiger partial charge in [-0.2, -0.15) is 4.37 Å². The molecule has 0 saturated carbocycles. The fourth-order valence-corrected chi connectivity index (χ4v) is 4.58. The van der Waals surface area contributed by atoms with E-state index in [0.29, 0.717) is 23.6 Å². The van der Waals surface area contributed by atoms with E-state index in [9.17, 15) is 4.79 Å². The van der Waals surface area contributed by atoms with Crippen LogP contribution in [0.1, 0.15) is 90.7 Å². The van der Waals surface area contributed by atoms with Crippen LogP contribution in [0.2, 0.25) is 0 Å². The van der Waals surface area contributed by atoms with Crippen molar-refractivity contribution < 1.29 is 28.2 Å². The predicted octanol–water partition coefficient (Wildman–Crippen LogP) is 6.46. The van der Waals surface area contributed by atoms with Gasteiger partial charge in [0.15, 0.2) is 0 Å². The molecule has 1 aromatic rings. The van der Waals surface area contributed by atoms with Crippen LogP contribution < -0.4 is 4.74 Å². The second-order valence-corrected chi connectivity index (χ2v) is 9.81. The van der Waals surface area contributed by atoms with Gasteiger partial charge in [0.25, 0.3) is 5.88 Å². The largest absolute Gasteiger partial charge is 0.512 e. The van der Waals surface area contributed by atoms with Crippen LogP contribution in [0.15, 0.2) is 6.08 Å². The van der Waals surface area contributed by atoms with E-state index in [2.05, 4.69) is 40.5 Å². The fourth-order valence-electron chi connectivity index (χ4n) is 4.05. The minimum absolute atomic E-state index is 0.236. The maximum atomic E-state index is 12.3. The van der Waals surface area contributed by atoms with Crippen LogP contribution in [0.5, 0.6) is 5.88 Å². The molecule has 0 N–H and O–H groups in total. The molecule has 35 heavy (non-hydrogen) atoms. The first kappa shape index (κ1) is 31.3. The molecule has 2 heterocycles. The molecule has 9 heteroatoms. The van der Waals surface area contributed by atoms with Crippen molar-refractivity contribution >= 4 is 23.5 Å². The molecule has 1 aliphatic heterocycles. The molecule has 0 spiro atoms. The van der Waals surface area contributed by atoms with Gasteiger partial charge in [-0.15, -0.1) is 4.37 Å². The molecular weight excluding hydrogens is 466 g/mol. The Labute approximate surface area is 216 Å². The molecule has 0 fully saturated rings. The fraction of sp³-hybridized carbons (Fsp3) is 0.808. The lowest BCUT2D eigenvalue weighted by Crippen LogP contribution is -2.56. The van der Waals surface area contributed by atoms with E-state index in [1.807, 2.05) is 6.92 Å². The summed E-state index contributed by atoms with van der Waals surface area (Å²) in [6, 6.07) is 0. The van der Waals surface area contributed by atoms with Crippen molar-refractivity contribution in [3.63, 3.8) is 0 Å². The molecule has 1 aromatic heterocycles. The third kappa shape index (κ3) is 11.7. The minimum atomic E-state index is -0.560. The summed E-state index contributed by atoms with van der Waals surface area (Å²) in [5, 5.41) is 0. The Hall–Kier alpha value is -1.71. The van der Waals surface area contributed by atoms with Crippen LogP contribution in [-0.4, -0.2) is 73.2 Å². The lowest BCUT2D eigenvalue weighted by Gasteiger charge is -2.42. The highest BCUT2D eigenvalue weighted by Crippen LogP contribution is 2.33. The summed E-state index contributed by atoms with van der Waals surface area (Å²) in [5.74, 6) is 0.636. The number of hydrogen-bond donors (Lipinski definition) is 0. The lowest BCUT2D eigenvalue weighted by atomic mass is 10.0. The Balaban J connectivity index is 0.00000194. The standard InChI is InChI=1S/C24H42N3O4S.C2H6O/c1-5-8-10-12-18-29-23-22(25-32-26-23)20-14-13-16-27(4,19-20)21(15-11-9-6-2)31-24(28)30-17-7-3;1-3-2/h14,21H,5-13,15-19H2,1-4H3;1-2H3/q+1;. The van der Waals surface area contributed by atoms with Crippen molar-refractivity contribution in [3.05, 3.63) is 11.8 Å². The minimum Gasteiger partial charge on any atom is -0.475 e. The topological polar surface area (TPSA) is 79.8 Å². The molecule has 202 valence electrons. The van der Waals surface area contributed by atoms with Gasteiger partial charge < -0.3 is 18.9 Å². The Morgan fingerprint density at radius 1 is 1.03 bits per heavy atom. The van der Waals surface area contributed by atoms with E-state index in [0.717, 1.165) is 69.3 Å². The van der Waals surface area contributed by atoms with Crippen LogP contribution in [0.25, 0.3) is 5.57 Å². The van der Waals surface area contributed by atoms with E-state index in [1.54, 1.807) is 14.2 Å². The number of ether oxygens (including phenoxy) is 4. The normalized spacial score (nSPS) is 18.2. The zero-order valence-corrected chi connectivity index (χ0v) is 23.7. The van der Waals surface area contributed by atoms with Crippen molar-refractivity contribution in [2.45, 2.75) is 91.2 Å². The van der Waals surface area contributed by atoms with Gasteiger partial charge in [0.2, 0.25) is 6.23 Å². The van der Waals surface area contributed by atoms with Crippen LogP contribution >= 0.6 is 11.7 Å². The molecule has 8 nitrogen and oxygen atoms in total. The molecule has 2 atom stereocenters. The molecule has 0 bridgehead atoms. The molecular formula is C26H48N3O5S+. The van der Waals surface area contributed by atoms with E-state index in [-0.39, 0.29) is 6.23 Å². The SMILES string of the molecule is CCCCCCOc1nsnc1C1=CCC[N+](C)(C(CCCCC)OC(=O)OCCC)C1.COC. The zero-order valence-electron chi connectivity index (χ0n) is 22.8. The van der Waals surface area contributed by atoms with Crippen molar-refractivity contribution in [2.24, 2.45) is 0 Å². The van der Waals surface area contributed by atoms with Crippen LogP contribution in [0, 0.1) is 0 Å². The number of rotatable bonds is 15. The monoisotopic (exact) mass is 514 g/mol. The molecule has 0 aromatic carbocycles. The van der Waals surface area contributed by atoms with Crippen molar-refractivity contribution in [1.82, 2.24) is 8.75 Å². The van der Waals surface area contributed by atoms with Gasteiger partial charge in [0, 0.05) is 32.6 Å². The summed E-state index contributed by atoms with van der Waals surface area (Å²) in [5.41, 5.74) is 1.97. The first-order valence-corrected chi connectivity index (χ1v) is 13.9. The summed E-state index contributed by atoms with van der Waals surface area (Å²) < 4.78 is 30.9. The number of carbonyl (C=O) groups excluding carboxylic acids is 1. The smallest absolute Gasteiger partial charge is 0.475 e. The summed E-state index contributed by atoms with van der Waals surface area (Å²) in [4.78, 5) is 12.3. The molecule has 0 saturated heterocycles. The van der Waals surface area contributed by atoms with Gasteiger partial charge in [-0.05, 0) is 19.3 Å². The average Bonchev–Trinajstić information content (AvgIpc) is 3.31. The van der Waals surface area contributed by atoms with Crippen LogP contribution in [0.4, 0.5) is 4.79 Å². The Morgan fingerprint density at radius 3 is 2.43 bits per heavy atom. The van der Waals surface area contributed by atoms with Gasteiger partial charge in [-0.3, -0.25) is 4.48 Å². The number of carbonyl (C=O) groups is 1. The number of unbranched alkanes of at least 4 members (excludes halogenated alkanes) is 5. The number of likely N-dealkylation sites (N-methyl/N-ethyl adjacent to an activating group) is 1. The molecule has 1 aliphatic rings. The maximum Gasteiger partial charge on any atom is 0.512 e. The molecule has 0 amide bonds. The molecule has 2 rings (SSSR count). The van der Waals surface area contributed by atoms with Crippen LogP contribution in [-0.2, 0) is 14.2 Å². The molecule has 2 unspecified atom stereocenters. The molecule has 0 radical (unpaired) electrons. The first-order valence-electron chi connectivity index (χ1n) is 13.2. The van der Waals surface area contributed by atoms with E-state index >= 15 is 0 Å². The van der Waals surface area contributed by atoms with Crippen molar-refractivity contribution in [1.29, 1.82) is 0 Å². The Kier molecular flexibility index (Phi) is 16.6. The molecule has 0 aliphatic carbocycles. The van der Waals surface area contributed by atoms with E-state index < -0.39 is 6.16 Å². The number of hydrogen-bond acceptors (Lipinski definition) is 8. The third-order valence-electron chi connectivity index (χ3n) is 5.97. The Bertz CT molecular complexity index is 728. The quantitative estimate of drug-likeness (QED) is 0.151. The summed E-state index contributed by atoms with van der Waals surface area (Å²) in [7, 11) is 5.42. The first-order chi connectivity index (χ1) is 16.9. The van der Waals surface area contributed by atoms with E-state index in [1.165, 1.54) is 31.0 Å². The summed E-state index contributed by atoms with van der Waals surface area (Å²) in [6.45, 7) is 9.07. The highest BCUT2D eigenvalue weighted by molar-refractivity contribution is 6.99. The number of quaternary nitrogens is 1. The number of nitrogens with zero attached hydrogens (tertiary/aromatic N) is 3. The van der Waals surface area contributed by atoms with Gasteiger partial charge in [-0.1, -0.05) is 59.0 Å². The van der Waals surface area contributed by atoms with Crippen molar-refractivity contribution in [3.8, 4) is 5.88 Å². The second kappa shape index (κ2) is 18.5. The van der Waals surface area contributed by atoms with Crippen molar-refractivity contribution in [2.75, 3.05) is 47.6 Å². The van der Waals surface area contributed by atoms with Gasteiger partial charge in [-0.25, -0.2) is 4.79 Å². The average molecular weight is 515 g/mol. The highest BCUT2D eigenvalue weighted by atomic mass is 32.1. The highest BCUT2D eigenvalue weighted by Gasteiger charge is 2.39. The predicted molar refractivity (Wildman–Crippen MR) is 142 cm³/mol. The number of methoxy groups -OCH3 is 1. The lowest BCUT2D eigenvalue weighted by molar-refractivity contribution is -0.947. The Morgan fingerprint density at radius 2 is 1.74 bits per heavy atom. The maximum absolute atomic E-state index is 12.3. The summed E-state index contributed by atoms with van der Waals surface area (Å²) in [6.07, 6.45) is 11.9. The number of aromatic nitrogens is 2. The van der Waals surface area contributed by atoms with Crippen LogP contribution in [0.3, 0.4) is 0 Å². The van der Waals surface area contributed by atoms with Gasteiger partial charge >= 0.3 is 6.16 Å². The van der Waals surface area contributed by atoms with Gasteiger partial charge in [0.05, 0.1) is 38.5 Å². The zero-order chi connectivity index (χ0) is 25.9. The van der Waals surface area contributed by atoms with Gasteiger partial charge in [0.1, 0.15) is 12.2 Å². The van der Waals surface area contributed by atoms with E-state index in [4.69, 9.17) is 14.2 Å².